The fraction of sp³-hybridized carbons (Fsp3) is 0.0714. The van der Waals surface area contributed by atoms with Crippen molar-refractivity contribution in [3.8, 4) is 0 Å². The lowest BCUT2D eigenvalue weighted by atomic mass is 10.1. The summed E-state index contributed by atoms with van der Waals surface area (Å²) < 4.78 is 5.15. The van der Waals surface area contributed by atoms with E-state index in [-0.39, 0.29) is 5.11 Å². The number of hydrazine groups is 1. The molecule has 2 N–H and O–H groups in total. The summed E-state index contributed by atoms with van der Waals surface area (Å²) in [6.07, 6.45) is 1.55. The van der Waals surface area contributed by atoms with E-state index in [0.29, 0.717) is 23.4 Å². The summed E-state index contributed by atoms with van der Waals surface area (Å²) in [5.41, 5.74) is 3.33. The molecule has 2 amide bonds. The Bertz CT molecular complexity index is 677. The van der Waals surface area contributed by atoms with Gasteiger partial charge in [-0.05, 0) is 36.5 Å². The number of benzene rings is 1. The van der Waals surface area contributed by atoms with Crippen LogP contribution < -0.4 is 10.7 Å². The van der Waals surface area contributed by atoms with Gasteiger partial charge in [0.1, 0.15) is 5.76 Å². The molecule has 1 aromatic carbocycles. The van der Waals surface area contributed by atoms with E-state index in [1.165, 1.54) is 0 Å². The van der Waals surface area contributed by atoms with E-state index in [2.05, 4.69) is 10.7 Å². The molecule has 1 aliphatic heterocycles. The van der Waals surface area contributed by atoms with Crippen LogP contribution in [0.25, 0.3) is 0 Å². The summed E-state index contributed by atoms with van der Waals surface area (Å²) in [5, 5.41) is 3.93. The highest BCUT2D eigenvalue weighted by atomic mass is 32.1. The molecule has 7 heteroatoms. The molecule has 21 heavy (non-hydrogen) atoms. The Morgan fingerprint density at radius 1 is 1.10 bits per heavy atom. The molecule has 1 aromatic heterocycles. The minimum atomic E-state index is -0.419. The Morgan fingerprint density at radius 2 is 1.76 bits per heavy atom. The number of carbonyl (C=O) groups excluding carboxylic acids is 2. The summed E-state index contributed by atoms with van der Waals surface area (Å²) in [6, 6.07) is 10.2. The number of nitrogens with zero attached hydrogens (tertiary/aromatic N) is 1. The van der Waals surface area contributed by atoms with Crippen molar-refractivity contribution in [3.05, 3.63) is 59.5 Å². The van der Waals surface area contributed by atoms with Crippen molar-refractivity contribution in [3.63, 3.8) is 0 Å². The average Bonchev–Trinajstić information content (AvgIpc) is 3.09. The highest BCUT2D eigenvalue weighted by molar-refractivity contribution is 7.80. The van der Waals surface area contributed by atoms with Crippen LogP contribution in [0.4, 0.5) is 0 Å². The van der Waals surface area contributed by atoms with Gasteiger partial charge in [-0.3, -0.25) is 15.0 Å². The Balaban J connectivity index is 1.65. The lowest BCUT2D eigenvalue weighted by Gasteiger charge is -2.17. The molecule has 0 atom stereocenters. The molecular formula is C14H11N3O3S. The maximum absolute atomic E-state index is 12.1. The third kappa shape index (κ3) is 2.50. The van der Waals surface area contributed by atoms with Gasteiger partial charge in [0.15, 0.2) is 5.11 Å². The van der Waals surface area contributed by atoms with Gasteiger partial charge in [-0.25, -0.2) is 0 Å². The van der Waals surface area contributed by atoms with Crippen molar-refractivity contribution < 1.29 is 14.0 Å². The van der Waals surface area contributed by atoms with E-state index in [0.717, 1.165) is 5.01 Å². The van der Waals surface area contributed by atoms with Crippen LogP contribution in [0.15, 0.2) is 47.1 Å². The van der Waals surface area contributed by atoms with Gasteiger partial charge in [-0.1, -0.05) is 12.1 Å². The van der Waals surface area contributed by atoms with Gasteiger partial charge in [0, 0.05) is 0 Å². The maximum Gasteiger partial charge on any atom is 0.280 e. The van der Waals surface area contributed by atoms with Crippen molar-refractivity contribution in [2.24, 2.45) is 0 Å². The van der Waals surface area contributed by atoms with Crippen molar-refractivity contribution >= 4 is 29.1 Å². The van der Waals surface area contributed by atoms with Crippen LogP contribution in [0.5, 0.6) is 0 Å². The molecule has 0 radical (unpaired) electrons. The molecule has 0 bridgehead atoms. The number of hydrogen-bond donors (Lipinski definition) is 2. The number of fused-ring (bicyclic) bond motifs is 1. The van der Waals surface area contributed by atoms with Gasteiger partial charge in [-0.2, -0.15) is 5.01 Å². The van der Waals surface area contributed by atoms with Gasteiger partial charge in [0.25, 0.3) is 11.8 Å². The Hall–Kier alpha value is -2.67. The van der Waals surface area contributed by atoms with Crippen molar-refractivity contribution in [1.29, 1.82) is 0 Å². The minimum Gasteiger partial charge on any atom is -0.467 e. The van der Waals surface area contributed by atoms with E-state index in [9.17, 15) is 9.59 Å². The molecular weight excluding hydrogens is 290 g/mol. The number of amides is 2. The number of imide groups is 1. The van der Waals surface area contributed by atoms with Crippen LogP contribution in [0.1, 0.15) is 26.5 Å². The number of thiocarbonyl (C=S) groups is 1. The van der Waals surface area contributed by atoms with Crippen LogP contribution in [-0.4, -0.2) is 21.9 Å². The van der Waals surface area contributed by atoms with Crippen LogP contribution in [-0.2, 0) is 6.54 Å². The molecule has 2 heterocycles. The van der Waals surface area contributed by atoms with E-state index < -0.39 is 11.8 Å². The summed E-state index contributed by atoms with van der Waals surface area (Å²) in [5.74, 6) is -0.142. The highest BCUT2D eigenvalue weighted by Gasteiger charge is 2.35. The second-order valence-corrected chi connectivity index (χ2v) is 4.77. The molecule has 0 saturated carbocycles. The first-order valence-corrected chi connectivity index (χ1v) is 6.62. The first-order valence-electron chi connectivity index (χ1n) is 6.21. The number of rotatable bonds is 3. The van der Waals surface area contributed by atoms with Crippen molar-refractivity contribution in [2.45, 2.75) is 6.54 Å². The van der Waals surface area contributed by atoms with E-state index >= 15 is 0 Å². The van der Waals surface area contributed by atoms with Crippen LogP contribution in [0.3, 0.4) is 0 Å². The molecule has 1 aliphatic rings. The second kappa shape index (κ2) is 5.37. The van der Waals surface area contributed by atoms with Gasteiger partial charge < -0.3 is 9.73 Å². The van der Waals surface area contributed by atoms with Crippen molar-refractivity contribution in [1.82, 2.24) is 15.8 Å². The van der Waals surface area contributed by atoms with Gasteiger partial charge in [-0.15, -0.1) is 0 Å². The highest BCUT2D eigenvalue weighted by Crippen LogP contribution is 2.20. The molecule has 2 aromatic rings. The first kappa shape index (κ1) is 13.3. The third-order valence-electron chi connectivity index (χ3n) is 3.01. The topological polar surface area (TPSA) is 74.6 Å². The molecule has 106 valence electrons. The third-order valence-corrected chi connectivity index (χ3v) is 3.25. The fourth-order valence-electron chi connectivity index (χ4n) is 2.01. The molecule has 6 nitrogen and oxygen atoms in total. The molecule has 0 fully saturated rings. The number of carbonyl (C=O) groups is 2. The Labute approximate surface area is 125 Å². The van der Waals surface area contributed by atoms with E-state index in [1.807, 2.05) is 0 Å². The van der Waals surface area contributed by atoms with Crippen molar-refractivity contribution in [2.75, 3.05) is 0 Å². The number of furan rings is 1. The summed E-state index contributed by atoms with van der Waals surface area (Å²) >= 11 is 5.07. The summed E-state index contributed by atoms with van der Waals surface area (Å²) in [4.78, 5) is 24.2. The lowest BCUT2D eigenvalue weighted by molar-refractivity contribution is 0.0611. The predicted molar refractivity (Wildman–Crippen MR) is 78.2 cm³/mol. The van der Waals surface area contributed by atoms with E-state index in [4.69, 9.17) is 16.6 Å². The number of hydrogen-bond acceptors (Lipinski definition) is 4. The molecule has 0 spiro atoms. The quantitative estimate of drug-likeness (QED) is 0.660. The van der Waals surface area contributed by atoms with Crippen LogP contribution in [0, 0.1) is 0 Å². The molecule has 0 saturated heterocycles. The fourth-order valence-corrected chi connectivity index (χ4v) is 2.18. The van der Waals surface area contributed by atoms with Crippen LogP contribution >= 0.6 is 12.2 Å². The van der Waals surface area contributed by atoms with Crippen LogP contribution in [0.2, 0.25) is 0 Å². The zero-order valence-corrected chi connectivity index (χ0v) is 11.6. The lowest BCUT2D eigenvalue weighted by Crippen LogP contribution is -2.49. The number of nitrogens with one attached hydrogen (secondary N) is 2. The predicted octanol–water partition coefficient (Wildman–Crippen LogP) is 1.45. The molecule has 0 unspecified atom stereocenters. The van der Waals surface area contributed by atoms with Gasteiger partial charge >= 0.3 is 0 Å². The average molecular weight is 301 g/mol. The summed E-state index contributed by atoms with van der Waals surface area (Å²) in [7, 11) is 0. The second-order valence-electron chi connectivity index (χ2n) is 4.37. The zero-order chi connectivity index (χ0) is 14.8. The zero-order valence-electron chi connectivity index (χ0n) is 10.8. The normalized spacial score (nSPS) is 13.2. The standard InChI is InChI=1S/C14H11N3O3S/c18-12-10-5-1-2-6-11(10)13(19)17(12)16-14(21)15-8-9-4-3-7-20-9/h1-7H,8H2,(H2,15,16,21). The Kier molecular flexibility index (Phi) is 3.41. The van der Waals surface area contributed by atoms with Gasteiger partial charge in [0.05, 0.1) is 23.9 Å². The SMILES string of the molecule is O=C1c2ccccc2C(=O)N1NC(=S)NCc1ccco1. The van der Waals surface area contributed by atoms with E-state index in [1.54, 1.807) is 42.7 Å². The summed E-state index contributed by atoms with van der Waals surface area (Å²) in [6.45, 7) is 0.363. The maximum atomic E-state index is 12.1. The molecule has 3 rings (SSSR count). The Morgan fingerprint density at radius 3 is 2.33 bits per heavy atom. The minimum absolute atomic E-state index is 0.168. The molecule has 0 aliphatic carbocycles. The largest absolute Gasteiger partial charge is 0.467 e. The van der Waals surface area contributed by atoms with Gasteiger partial charge in [0.2, 0.25) is 0 Å². The smallest absolute Gasteiger partial charge is 0.280 e. The monoisotopic (exact) mass is 301 g/mol. The first-order chi connectivity index (χ1) is 10.2.